The molecule has 3 N–H and O–H groups in total. The standard InChI is InChI=1S/C11H16BrN3/c1-3-6-14-11(13)15-10-5-4-8(2)7-9(10)12/h4-5,7H,3,6H2,1-2H3,(H3,13,14,15). The summed E-state index contributed by atoms with van der Waals surface area (Å²) in [4.78, 5) is 4.16. The fourth-order valence-electron chi connectivity index (χ4n) is 1.13. The van der Waals surface area contributed by atoms with Gasteiger partial charge in [-0.05, 0) is 47.0 Å². The predicted molar refractivity (Wildman–Crippen MR) is 69.3 cm³/mol. The number of nitrogens with two attached hydrogens (primary N) is 1. The first-order chi connectivity index (χ1) is 7.13. The van der Waals surface area contributed by atoms with E-state index in [0.717, 1.165) is 23.1 Å². The van der Waals surface area contributed by atoms with Crippen LogP contribution in [-0.4, -0.2) is 12.5 Å². The highest BCUT2D eigenvalue weighted by molar-refractivity contribution is 9.10. The van der Waals surface area contributed by atoms with Crippen LogP contribution in [-0.2, 0) is 0 Å². The van der Waals surface area contributed by atoms with Gasteiger partial charge in [0, 0.05) is 11.0 Å². The Labute approximate surface area is 98.9 Å². The van der Waals surface area contributed by atoms with Gasteiger partial charge in [-0.1, -0.05) is 13.0 Å². The van der Waals surface area contributed by atoms with Crippen LogP contribution in [0.2, 0.25) is 0 Å². The highest BCUT2D eigenvalue weighted by atomic mass is 79.9. The Kier molecular flexibility index (Phi) is 4.62. The molecule has 0 saturated heterocycles. The molecule has 0 aromatic heterocycles. The van der Waals surface area contributed by atoms with Gasteiger partial charge >= 0.3 is 0 Å². The number of rotatable bonds is 3. The Bertz CT molecular complexity index is 361. The summed E-state index contributed by atoms with van der Waals surface area (Å²) in [5.74, 6) is 0.460. The molecule has 0 amide bonds. The minimum Gasteiger partial charge on any atom is -0.370 e. The molecular weight excluding hydrogens is 254 g/mol. The summed E-state index contributed by atoms with van der Waals surface area (Å²) >= 11 is 3.47. The second kappa shape index (κ2) is 5.75. The van der Waals surface area contributed by atoms with Crippen molar-refractivity contribution >= 4 is 27.6 Å². The van der Waals surface area contributed by atoms with E-state index in [1.54, 1.807) is 0 Å². The third kappa shape index (κ3) is 3.91. The summed E-state index contributed by atoms with van der Waals surface area (Å²) < 4.78 is 0.997. The maximum Gasteiger partial charge on any atom is 0.193 e. The number of nitrogens with one attached hydrogen (secondary N) is 1. The van der Waals surface area contributed by atoms with Crippen LogP contribution in [0.4, 0.5) is 5.69 Å². The molecule has 0 saturated carbocycles. The molecule has 1 aromatic carbocycles. The Hall–Kier alpha value is -1.03. The predicted octanol–water partition coefficient (Wildman–Crippen LogP) is 2.89. The lowest BCUT2D eigenvalue weighted by molar-refractivity contribution is 0.929. The van der Waals surface area contributed by atoms with E-state index in [1.165, 1.54) is 5.56 Å². The van der Waals surface area contributed by atoms with Crippen molar-refractivity contribution in [1.82, 2.24) is 0 Å². The Morgan fingerprint density at radius 1 is 1.53 bits per heavy atom. The van der Waals surface area contributed by atoms with Crippen molar-refractivity contribution in [3.63, 3.8) is 0 Å². The quantitative estimate of drug-likeness (QED) is 0.655. The molecule has 1 rings (SSSR count). The van der Waals surface area contributed by atoms with E-state index in [9.17, 15) is 0 Å². The van der Waals surface area contributed by atoms with E-state index >= 15 is 0 Å². The average molecular weight is 270 g/mol. The van der Waals surface area contributed by atoms with E-state index in [-0.39, 0.29) is 0 Å². The lowest BCUT2D eigenvalue weighted by Crippen LogP contribution is -2.23. The van der Waals surface area contributed by atoms with E-state index < -0.39 is 0 Å². The Morgan fingerprint density at radius 2 is 2.27 bits per heavy atom. The highest BCUT2D eigenvalue weighted by Crippen LogP contribution is 2.22. The van der Waals surface area contributed by atoms with Gasteiger partial charge in [0.15, 0.2) is 5.96 Å². The number of hydrogen-bond acceptors (Lipinski definition) is 1. The molecule has 4 heteroatoms. The van der Waals surface area contributed by atoms with Crippen LogP contribution in [0.15, 0.2) is 27.7 Å². The molecule has 0 bridgehead atoms. The monoisotopic (exact) mass is 269 g/mol. The van der Waals surface area contributed by atoms with Gasteiger partial charge in [-0.3, -0.25) is 4.99 Å². The fourth-order valence-corrected chi connectivity index (χ4v) is 1.72. The number of benzene rings is 1. The van der Waals surface area contributed by atoms with Crippen molar-refractivity contribution in [2.45, 2.75) is 20.3 Å². The van der Waals surface area contributed by atoms with Gasteiger partial charge in [0.05, 0.1) is 5.69 Å². The SMILES string of the molecule is CCCN=C(N)Nc1ccc(C)cc1Br. The molecule has 3 nitrogen and oxygen atoms in total. The lowest BCUT2D eigenvalue weighted by atomic mass is 10.2. The van der Waals surface area contributed by atoms with Crippen LogP contribution in [0.5, 0.6) is 0 Å². The molecule has 0 aliphatic heterocycles. The van der Waals surface area contributed by atoms with Gasteiger partial charge in [0.25, 0.3) is 0 Å². The van der Waals surface area contributed by atoms with Gasteiger partial charge in [-0.2, -0.15) is 0 Å². The number of hydrogen-bond donors (Lipinski definition) is 2. The number of anilines is 1. The fraction of sp³-hybridized carbons (Fsp3) is 0.364. The Balaban J connectivity index is 2.72. The topological polar surface area (TPSA) is 50.4 Å². The van der Waals surface area contributed by atoms with Crippen molar-refractivity contribution < 1.29 is 0 Å². The molecule has 0 atom stereocenters. The first-order valence-corrected chi connectivity index (χ1v) is 5.76. The first kappa shape index (κ1) is 12.0. The van der Waals surface area contributed by atoms with Crippen LogP contribution in [0, 0.1) is 6.92 Å². The third-order valence-corrected chi connectivity index (χ3v) is 2.55. The van der Waals surface area contributed by atoms with Gasteiger partial charge in [-0.15, -0.1) is 0 Å². The summed E-state index contributed by atoms with van der Waals surface area (Å²) in [6, 6.07) is 6.05. The first-order valence-electron chi connectivity index (χ1n) is 4.96. The van der Waals surface area contributed by atoms with Gasteiger partial charge in [-0.25, -0.2) is 0 Å². The molecule has 0 aliphatic carbocycles. The molecule has 0 spiro atoms. The summed E-state index contributed by atoms with van der Waals surface area (Å²) in [5.41, 5.74) is 7.86. The number of nitrogens with zero attached hydrogens (tertiary/aromatic N) is 1. The number of aryl methyl sites for hydroxylation is 1. The van der Waals surface area contributed by atoms with Crippen molar-refractivity contribution in [3.8, 4) is 0 Å². The number of guanidine groups is 1. The van der Waals surface area contributed by atoms with E-state index in [2.05, 4.69) is 33.2 Å². The molecule has 0 unspecified atom stereocenters. The largest absolute Gasteiger partial charge is 0.370 e. The maximum absolute atomic E-state index is 5.72. The minimum atomic E-state index is 0.460. The van der Waals surface area contributed by atoms with Crippen LogP contribution < -0.4 is 11.1 Å². The number of halogens is 1. The molecule has 0 heterocycles. The third-order valence-electron chi connectivity index (χ3n) is 1.89. The van der Waals surface area contributed by atoms with Gasteiger partial charge in [0.2, 0.25) is 0 Å². The summed E-state index contributed by atoms with van der Waals surface area (Å²) in [7, 11) is 0. The molecular formula is C11H16BrN3. The molecule has 82 valence electrons. The molecule has 0 aliphatic rings. The molecule has 0 fully saturated rings. The summed E-state index contributed by atoms with van der Waals surface area (Å²) in [5, 5.41) is 3.05. The van der Waals surface area contributed by atoms with Crippen molar-refractivity contribution in [3.05, 3.63) is 28.2 Å². The second-order valence-electron chi connectivity index (χ2n) is 3.38. The zero-order valence-corrected chi connectivity index (χ0v) is 10.6. The van der Waals surface area contributed by atoms with Crippen LogP contribution in [0.25, 0.3) is 0 Å². The lowest BCUT2D eigenvalue weighted by Gasteiger charge is -2.08. The van der Waals surface area contributed by atoms with E-state index in [4.69, 9.17) is 5.73 Å². The van der Waals surface area contributed by atoms with Crippen LogP contribution >= 0.6 is 15.9 Å². The Morgan fingerprint density at radius 3 is 2.87 bits per heavy atom. The van der Waals surface area contributed by atoms with Crippen LogP contribution in [0.1, 0.15) is 18.9 Å². The zero-order valence-electron chi connectivity index (χ0n) is 9.05. The summed E-state index contributed by atoms with van der Waals surface area (Å²) in [6.07, 6.45) is 0.997. The zero-order chi connectivity index (χ0) is 11.3. The van der Waals surface area contributed by atoms with Crippen LogP contribution in [0.3, 0.4) is 0 Å². The normalized spacial score (nSPS) is 11.5. The number of aliphatic imine (C=N–C) groups is 1. The highest BCUT2D eigenvalue weighted by Gasteiger charge is 2.00. The summed E-state index contributed by atoms with van der Waals surface area (Å²) in [6.45, 7) is 4.87. The average Bonchev–Trinajstić information content (AvgIpc) is 2.19. The van der Waals surface area contributed by atoms with E-state index in [1.807, 2.05) is 25.1 Å². The molecule has 1 aromatic rings. The maximum atomic E-state index is 5.72. The smallest absolute Gasteiger partial charge is 0.193 e. The molecule has 0 radical (unpaired) electrons. The van der Waals surface area contributed by atoms with Gasteiger partial charge in [0.1, 0.15) is 0 Å². The van der Waals surface area contributed by atoms with Crippen molar-refractivity contribution in [2.75, 3.05) is 11.9 Å². The van der Waals surface area contributed by atoms with E-state index in [0.29, 0.717) is 5.96 Å². The molecule has 15 heavy (non-hydrogen) atoms. The van der Waals surface area contributed by atoms with Gasteiger partial charge < -0.3 is 11.1 Å². The second-order valence-corrected chi connectivity index (χ2v) is 4.23. The minimum absolute atomic E-state index is 0.460. The van der Waals surface area contributed by atoms with Crippen molar-refractivity contribution in [2.24, 2.45) is 10.7 Å². The van der Waals surface area contributed by atoms with Crippen molar-refractivity contribution in [1.29, 1.82) is 0 Å².